The number of benzene rings is 1. The highest BCUT2D eigenvalue weighted by Crippen LogP contribution is 2.27. The average Bonchev–Trinajstić information content (AvgIpc) is 2.93. The van der Waals surface area contributed by atoms with Crippen LogP contribution in [0, 0.1) is 0 Å². The van der Waals surface area contributed by atoms with Crippen molar-refractivity contribution >= 4 is 22.8 Å². The molecular formula is C18H25N3O3. The molecule has 2 aromatic rings. The van der Waals surface area contributed by atoms with E-state index in [-0.39, 0.29) is 17.5 Å². The van der Waals surface area contributed by atoms with Gasteiger partial charge in [-0.05, 0) is 31.0 Å². The van der Waals surface area contributed by atoms with E-state index in [9.17, 15) is 9.90 Å². The van der Waals surface area contributed by atoms with Crippen molar-refractivity contribution in [3.05, 3.63) is 24.1 Å². The van der Waals surface area contributed by atoms with Crippen LogP contribution in [0.3, 0.4) is 0 Å². The highest BCUT2D eigenvalue weighted by Gasteiger charge is 2.24. The number of aliphatic hydroxyl groups is 1. The third kappa shape index (κ3) is 3.70. The normalized spacial score (nSPS) is 21.7. The monoisotopic (exact) mass is 331 g/mol. The predicted octanol–water partition coefficient (Wildman–Crippen LogP) is 3.55. The molecule has 1 aliphatic rings. The summed E-state index contributed by atoms with van der Waals surface area (Å²) < 4.78 is 5.76. The molecule has 1 aromatic carbocycles. The standard InChI is InChI=1S/C18H25N3O3/c1-18(2,3)16-20-13-10-11(8-9-15(13)24-16)19-17(23)21-12-6-4-5-7-14(12)22/h8-10,12,14,22H,4-7H2,1-3H3,(H2,19,21,23). The zero-order chi connectivity index (χ0) is 17.3. The Kier molecular flexibility index (Phi) is 4.49. The van der Waals surface area contributed by atoms with Crippen LogP contribution in [0.15, 0.2) is 22.6 Å². The molecule has 0 radical (unpaired) electrons. The summed E-state index contributed by atoms with van der Waals surface area (Å²) in [6, 6.07) is 4.91. The number of aliphatic hydroxyl groups excluding tert-OH is 1. The Bertz CT molecular complexity index is 733. The first-order chi connectivity index (χ1) is 11.3. The molecule has 3 N–H and O–H groups in total. The number of hydrogen-bond donors (Lipinski definition) is 3. The number of urea groups is 1. The lowest BCUT2D eigenvalue weighted by atomic mass is 9.93. The molecule has 1 aliphatic carbocycles. The van der Waals surface area contributed by atoms with Crippen molar-refractivity contribution in [2.45, 2.75) is 64.0 Å². The SMILES string of the molecule is CC(C)(C)c1nc2cc(NC(=O)NC3CCCCC3O)ccc2o1. The summed E-state index contributed by atoms with van der Waals surface area (Å²) in [6.07, 6.45) is 3.14. The van der Waals surface area contributed by atoms with Gasteiger partial charge in [0.2, 0.25) is 5.89 Å². The first-order valence-electron chi connectivity index (χ1n) is 8.49. The maximum Gasteiger partial charge on any atom is 0.319 e. The number of oxazole rings is 1. The summed E-state index contributed by atoms with van der Waals surface area (Å²) in [5, 5.41) is 15.6. The maximum atomic E-state index is 12.1. The van der Waals surface area contributed by atoms with Gasteiger partial charge in [0.25, 0.3) is 0 Å². The Hall–Kier alpha value is -2.08. The second kappa shape index (κ2) is 6.43. The third-order valence-electron chi connectivity index (χ3n) is 4.33. The molecule has 2 unspecified atom stereocenters. The van der Waals surface area contributed by atoms with E-state index in [2.05, 4.69) is 15.6 Å². The van der Waals surface area contributed by atoms with Crippen LogP contribution in [0.25, 0.3) is 11.1 Å². The smallest absolute Gasteiger partial charge is 0.319 e. The van der Waals surface area contributed by atoms with Gasteiger partial charge in [0.15, 0.2) is 5.58 Å². The fourth-order valence-corrected chi connectivity index (χ4v) is 2.94. The molecule has 6 nitrogen and oxygen atoms in total. The summed E-state index contributed by atoms with van der Waals surface area (Å²) in [7, 11) is 0. The number of rotatable bonds is 2. The summed E-state index contributed by atoms with van der Waals surface area (Å²) in [6.45, 7) is 6.12. The van der Waals surface area contributed by atoms with E-state index < -0.39 is 6.10 Å². The Morgan fingerprint density at radius 2 is 2.04 bits per heavy atom. The van der Waals surface area contributed by atoms with E-state index >= 15 is 0 Å². The van der Waals surface area contributed by atoms with E-state index in [0.717, 1.165) is 31.2 Å². The minimum Gasteiger partial charge on any atom is -0.440 e. The molecule has 2 amide bonds. The fraction of sp³-hybridized carbons (Fsp3) is 0.556. The molecule has 0 spiro atoms. The van der Waals surface area contributed by atoms with E-state index in [0.29, 0.717) is 17.2 Å². The van der Waals surface area contributed by atoms with Crippen LogP contribution in [0.4, 0.5) is 10.5 Å². The van der Waals surface area contributed by atoms with Gasteiger partial charge in [-0.3, -0.25) is 0 Å². The molecule has 1 saturated carbocycles. The van der Waals surface area contributed by atoms with E-state index in [1.54, 1.807) is 12.1 Å². The van der Waals surface area contributed by atoms with Crippen LogP contribution in [0.5, 0.6) is 0 Å². The van der Waals surface area contributed by atoms with Gasteiger partial charge in [0.05, 0.1) is 12.1 Å². The van der Waals surface area contributed by atoms with Gasteiger partial charge in [-0.25, -0.2) is 9.78 Å². The molecule has 24 heavy (non-hydrogen) atoms. The van der Waals surface area contributed by atoms with Crippen LogP contribution < -0.4 is 10.6 Å². The lowest BCUT2D eigenvalue weighted by molar-refractivity contribution is 0.0955. The second-order valence-electron chi connectivity index (χ2n) is 7.51. The van der Waals surface area contributed by atoms with Crippen molar-refractivity contribution in [1.29, 1.82) is 0 Å². The first kappa shape index (κ1) is 16.8. The number of carbonyl (C=O) groups excluding carboxylic acids is 1. The van der Waals surface area contributed by atoms with Crippen LogP contribution in [-0.4, -0.2) is 28.3 Å². The van der Waals surface area contributed by atoms with E-state index in [1.807, 2.05) is 26.8 Å². The van der Waals surface area contributed by atoms with Crippen molar-refractivity contribution in [3.63, 3.8) is 0 Å². The Morgan fingerprint density at radius 3 is 2.75 bits per heavy atom. The quantitative estimate of drug-likeness (QED) is 0.785. The largest absolute Gasteiger partial charge is 0.440 e. The van der Waals surface area contributed by atoms with Crippen molar-refractivity contribution < 1.29 is 14.3 Å². The molecule has 0 saturated heterocycles. The Labute approximate surface area is 141 Å². The molecule has 6 heteroatoms. The topological polar surface area (TPSA) is 87.4 Å². The molecule has 130 valence electrons. The number of carbonyl (C=O) groups is 1. The Balaban J connectivity index is 1.69. The van der Waals surface area contributed by atoms with Crippen molar-refractivity contribution in [2.75, 3.05) is 5.32 Å². The second-order valence-corrected chi connectivity index (χ2v) is 7.51. The van der Waals surface area contributed by atoms with Crippen LogP contribution >= 0.6 is 0 Å². The summed E-state index contributed by atoms with van der Waals surface area (Å²) >= 11 is 0. The molecule has 1 aromatic heterocycles. The number of nitrogens with zero attached hydrogens (tertiary/aromatic N) is 1. The zero-order valence-electron chi connectivity index (χ0n) is 14.4. The van der Waals surface area contributed by atoms with Crippen molar-refractivity contribution in [2.24, 2.45) is 0 Å². The lowest BCUT2D eigenvalue weighted by Gasteiger charge is -2.28. The number of fused-ring (bicyclic) bond motifs is 1. The van der Waals surface area contributed by atoms with Crippen molar-refractivity contribution in [3.8, 4) is 0 Å². The fourth-order valence-electron chi connectivity index (χ4n) is 2.94. The molecule has 1 heterocycles. The third-order valence-corrected chi connectivity index (χ3v) is 4.33. The molecule has 0 aliphatic heterocycles. The van der Waals surface area contributed by atoms with Crippen LogP contribution in [0.2, 0.25) is 0 Å². The molecule has 3 rings (SSSR count). The van der Waals surface area contributed by atoms with Gasteiger partial charge >= 0.3 is 6.03 Å². The van der Waals surface area contributed by atoms with Gasteiger partial charge in [-0.15, -0.1) is 0 Å². The highest BCUT2D eigenvalue weighted by atomic mass is 16.3. The van der Waals surface area contributed by atoms with Crippen LogP contribution in [-0.2, 0) is 5.41 Å². The number of amides is 2. The van der Waals surface area contributed by atoms with Crippen LogP contribution in [0.1, 0.15) is 52.3 Å². The number of hydrogen-bond acceptors (Lipinski definition) is 4. The minimum atomic E-state index is -0.461. The highest BCUT2D eigenvalue weighted by molar-refractivity contribution is 5.91. The Morgan fingerprint density at radius 1 is 1.29 bits per heavy atom. The number of aromatic nitrogens is 1. The van der Waals surface area contributed by atoms with Gasteiger partial charge in [0.1, 0.15) is 5.52 Å². The zero-order valence-corrected chi connectivity index (χ0v) is 14.4. The minimum absolute atomic E-state index is 0.166. The molecule has 2 atom stereocenters. The van der Waals surface area contributed by atoms with Gasteiger partial charge < -0.3 is 20.2 Å². The molecule has 0 bridgehead atoms. The molecular weight excluding hydrogens is 306 g/mol. The molecule has 1 fully saturated rings. The number of nitrogens with one attached hydrogen (secondary N) is 2. The summed E-state index contributed by atoms with van der Waals surface area (Å²) in [5.74, 6) is 0.671. The van der Waals surface area contributed by atoms with Gasteiger partial charge in [-0.2, -0.15) is 0 Å². The lowest BCUT2D eigenvalue weighted by Crippen LogP contribution is -2.46. The average molecular weight is 331 g/mol. The van der Waals surface area contributed by atoms with Crippen molar-refractivity contribution in [1.82, 2.24) is 10.3 Å². The first-order valence-corrected chi connectivity index (χ1v) is 8.49. The van der Waals surface area contributed by atoms with Gasteiger partial charge in [0, 0.05) is 11.1 Å². The predicted molar refractivity (Wildman–Crippen MR) is 93.1 cm³/mol. The van der Waals surface area contributed by atoms with Gasteiger partial charge in [-0.1, -0.05) is 33.6 Å². The summed E-state index contributed by atoms with van der Waals surface area (Å²) in [5.41, 5.74) is 1.91. The summed E-state index contributed by atoms with van der Waals surface area (Å²) in [4.78, 5) is 16.7. The van der Waals surface area contributed by atoms with E-state index in [4.69, 9.17) is 4.42 Å². The van der Waals surface area contributed by atoms with E-state index in [1.165, 1.54) is 0 Å². The number of anilines is 1. The maximum absolute atomic E-state index is 12.1.